The van der Waals surface area contributed by atoms with E-state index in [1.54, 1.807) is 17.1 Å². The molecule has 1 N–H and O–H groups in total. The van der Waals surface area contributed by atoms with Crippen LogP contribution in [0.5, 0.6) is 0 Å². The number of benzene rings is 2. The number of hydrogen-bond donors (Lipinski definition) is 1. The number of hydrogen-bond acceptors (Lipinski definition) is 3. The fourth-order valence-electron chi connectivity index (χ4n) is 2.53. The van der Waals surface area contributed by atoms with E-state index in [1.165, 1.54) is 0 Å². The highest BCUT2D eigenvalue weighted by atomic mass is 35.5. The summed E-state index contributed by atoms with van der Waals surface area (Å²) in [6, 6.07) is 15.2. The number of fused-ring (bicyclic) bond motifs is 1. The van der Waals surface area contributed by atoms with Gasteiger partial charge in [0.05, 0.1) is 5.71 Å². The molecule has 0 aliphatic carbocycles. The number of rotatable bonds is 2. The number of hydrazone groups is 1. The molecular weight excluding hydrogens is 282 g/mol. The Labute approximate surface area is 130 Å². The summed E-state index contributed by atoms with van der Waals surface area (Å²) in [5, 5.41) is 16.0. The van der Waals surface area contributed by atoms with Gasteiger partial charge in [0.15, 0.2) is 0 Å². The molecule has 1 aliphatic rings. The van der Waals surface area contributed by atoms with Gasteiger partial charge in [-0.05, 0) is 41.2 Å². The van der Waals surface area contributed by atoms with Crippen molar-refractivity contribution in [1.82, 2.24) is 0 Å². The maximum atomic E-state index is 10.6. The molecule has 5 heteroatoms. The Balaban J connectivity index is 2.11. The van der Waals surface area contributed by atoms with Crippen LogP contribution in [-0.4, -0.2) is 17.8 Å². The van der Waals surface area contributed by atoms with Crippen molar-refractivity contribution >= 4 is 35.5 Å². The van der Waals surface area contributed by atoms with Crippen LogP contribution in [0.1, 0.15) is 19.4 Å². The van der Waals surface area contributed by atoms with E-state index in [4.69, 9.17) is 11.6 Å². The first-order valence-corrected chi connectivity index (χ1v) is 7.36. The average molecular weight is 299 g/mol. The fraction of sp³-hybridized carbons (Fsp3) is 0.188. The molecule has 0 fully saturated rings. The molecule has 2 aromatic rings. The Bertz CT molecular complexity index is 685. The molecule has 3 nitrogen and oxygen atoms in total. The quantitative estimate of drug-likeness (QED) is 0.865. The van der Waals surface area contributed by atoms with Crippen LogP contribution < -0.4 is 10.4 Å². The third-order valence-corrected chi connectivity index (χ3v) is 3.85. The average Bonchev–Trinajstić information content (AvgIpc) is 2.49. The minimum absolute atomic E-state index is 0.272. The first-order chi connectivity index (χ1) is 10.1. The summed E-state index contributed by atoms with van der Waals surface area (Å²) >= 11 is 5.93. The van der Waals surface area contributed by atoms with Gasteiger partial charge in [0.2, 0.25) is 0 Å². The van der Waals surface area contributed by atoms with Crippen molar-refractivity contribution < 1.29 is 5.02 Å². The van der Waals surface area contributed by atoms with E-state index in [0.29, 0.717) is 5.02 Å². The van der Waals surface area contributed by atoms with Crippen LogP contribution in [0.4, 0.5) is 5.69 Å². The predicted molar refractivity (Wildman–Crippen MR) is 89.4 cm³/mol. The van der Waals surface area contributed by atoms with Gasteiger partial charge in [-0.1, -0.05) is 49.7 Å². The molecule has 21 heavy (non-hydrogen) atoms. The van der Waals surface area contributed by atoms with E-state index in [0.717, 1.165) is 22.4 Å². The van der Waals surface area contributed by atoms with Crippen molar-refractivity contribution in [2.45, 2.75) is 13.8 Å². The van der Waals surface area contributed by atoms with Crippen molar-refractivity contribution in [3.05, 3.63) is 59.1 Å². The largest absolute Gasteiger partial charge is 0.471 e. The van der Waals surface area contributed by atoms with Crippen LogP contribution in [0.25, 0.3) is 0 Å². The standard InChI is InChI=1S/C16H16BClN2O/c1-11(2)16-14-5-3-4-6-15(14)17(21)20(19-16)13-9-7-12(18)8-10-13/h3-11,21H,1-2H3. The molecule has 0 amide bonds. The topological polar surface area (TPSA) is 35.8 Å². The van der Waals surface area contributed by atoms with E-state index >= 15 is 0 Å². The molecule has 0 spiro atoms. The second-order valence-corrected chi connectivity index (χ2v) is 5.86. The molecule has 0 saturated carbocycles. The maximum Gasteiger partial charge on any atom is 0.471 e. The molecular formula is C16H16BClN2O. The van der Waals surface area contributed by atoms with Crippen LogP contribution >= 0.6 is 11.6 Å². The van der Waals surface area contributed by atoms with Crippen molar-refractivity contribution in [2.75, 3.05) is 4.92 Å². The highest BCUT2D eigenvalue weighted by molar-refractivity contribution is 6.72. The van der Waals surface area contributed by atoms with E-state index < -0.39 is 7.05 Å². The zero-order valence-corrected chi connectivity index (χ0v) is 12.7. The summed E-state index contributed by atoms with van der Waals surface area (Å²) in [6.45, 7) is 4.21. The molecule has 1 aliphatic heterocycles. The lowest BCUT2D eigenvalue weighted by molar-refractivity contribution is 0.577. The Morgan fingerprint density at radius 3 is 2.43 bits per heavy atom. The van der Waals surface area contributed by atoms with Crippen molar-refractivity contribution in [2.24, 2.45) is 11.0 Å². The molecule has 0 radical (unpaired) electrons. The van der Waals surface area contributed by atoms with Crippen molar-refractivity contribution in [3.63, 3.8) is 0 Å². The van der Waals surface area contributed by atoms with E-state index in [2.05, 4.69) is 18.9 Å². The van der Waals surface area contributed by atoms with Gasteiger partial charge in [-0.3, -0.25) is 4.92 Å². The minimum Gasteiger partial charge on any atom is -0.427 e. The third kappa shape index (κ3) is 2.57. The van der Waals surface area contributed by atoms with Gasteiger partial charge < -0.3 is 5.02 Å². The van der Waals surface area contributed by atoms with Crippen LogP contribution in [0.3, 0.4) is 0 Å². The van der Waals surface area contributed by atoms with Crippen LogP contribution in [0.2, 0.25) is 5.02 Å². The smallest absolute Gasteiger partial charge is 0.427 e. The zero-order valence-electron chi connectivity index (χ0n) is 12.0. The normalized spacial score (nSPS) is 14.2. The second-order valence-electron chi connectivity index (χ2n) is 5.42. The highest BCUT2D eigenvalue weighted by Gasteiger charge is 2.33. The highest BCUT2D eigenvalue weighted by Crippen LogP contribution is 2.23. The van der Waals surface area contributed by atoms with Gasteiger partial charge >= 0.3 is 7.05 Å². The van der Waals surface area contributed by atoms with Gasteiger partial charge in [0, 0.05) is 10.7 Å². The van der Waals surface area contributed by atoms with Crippen molar-refractivity contribution in [3.8, 4) is 0 Å². The monoisotopic (exact) mass is 298 g/mol. The van der Waals surface area contributed by atoms with Gasteiger partial charge in [0.25, 0.3) is 0 Å². The molecule has 0 bridgehead atoms. The Morgan fingerprint density at radius 2 is 1.76 bits per heavy atom. The third-order valence-electron chi connectivity index (χ3n) is 3.60. The van der Waals surface area contributed by atoms with Crippen LogP contribution in [0, 0.1) is 5.92 Å². The molecule has 3 rings (SSSR count). The summed E-state index contributed by atoms with van der Waals surface area (Å²) in [5.74, 6) is 0.272. The second kappa shape index (κ2) is 5.55. The lowest BCUT2D eigenvalue weighted by Crippen LogP contribution is -2.52. The molecule has 0 aromatic heterocycles. The SMILES string of the molecule is CC(C)C1=NN(c2ccc(Cl)cc2)B(O)c2ccccc21. The van der Waals surface area contributed by atoms with E-state index in [9.17, 15) is 5.02 Å². The van der Waals surface area contributed by atoms with Crippen molar-refractivity contribution in [1.29, 1.82) is 0 Å². The number of anilines is 1. The summed E-state index contributed by atoms with van der Waals surface area (Å²) in [7, 11) is -0.787. The minimum atomic E-state index is -0.787. The summed E-state index contributed by atoms with van der Waals surface area (Å²) < 4.78 is 0. The lowest BCUT2D eigenvalue weighted by Gasteiger charge is -2.31. The fourth-order valence-corrected chi connectivity index (χ4v) is 2.66. The number of nitrogens with zero attached hydrogens (tertiary/aromatic N) is 2. The predicted octanol–water partition coefficient (Wildman–Crippen LogP) is 2.91. The van der Waals surface area contributed by atoms with Gasteiger partial charge in [-0.15, -0.1) is 0 Å². The van der Waals surface area contributed by atoms with Crippen LogP contribution in [-0.2, 0) is 0 Å². The Hall–Kier alpha value is -1.78. The zero-order chi connectivity index (χ0) is 15.0. The number of halogens is 1. The van der Waals surface area contributed by atoms with Gasteiger partial charge in [-0.25, -0.2) is 0 Å². The van der Waals surface area contributed by atoms with E-state index in [1.807, 2.05) is 36.4 Å². The Kier molecular flexibility index (Phi) is 3.74. The summed E-state index contributed by atoms with van der Waals surface area (Å²) in [5.41, 5.74) is 3.70. The summed E-state index contributed by atoms with van der Waals surface area (Å²) in [4.78, 5) is 1.65. The van der Waals surface area contributed by atoms with Crippen LogP contribution in [0.15, 0.2) is 53.6 Å². The first-order valence-electron chi connectivity index (χ1n) is 6.98. The molecule has 0 saturated heterocycles. The lowest BCUT2D eigenvalue weighted by atomic mass is 9.67. The van der Waals surface area contributed by atoms with Gasteiger partial charge in [0.1, 0.15) is 0 Å². The molecule has 106 valence electrons. The maximum absolute atomic E-state index is 10.6. The van der Waals surface area contributed by atoms with Gasteiger partial charge in [-0.2, -0.15) is 5.10 Å². The molecule has 1 heterocycles. The first kappa shape index (κ1) is 14.2. The Morgan fingerprint density at radius 1 is 1.10 bits per heavy atom. The molecule has 2 aromatic carbocycles. The molecule has 0 unspecified atom stereocenters. The summed E-state index contributed by atoms with van der Waals surface area (Å²) in [6.07, 6.45) is 0. The van der Waals surface area contributed by atoms with E-state index in [-0.39, 0.29) is 5.92 Å². The molecule has 0 atom stereocenters.